The molecule has 0 fully saturated rings. The van der Waals surface area contributed by atoms with E-state index >= 15 is 0 Å². The monoisotopic (exact) mass is 268 g/mol. The van der Waals surface area contributed by atoms with Crippen LogP contribution in [0.15, 0.2) is 24.5 Å². The summed E-state index contributed by atoms with van der Waals surface area (Å²) in [4.78, 5) is 18.6. The topological polar surface area (TPSA) is 66.0 Å². The minimum Gasteiger partial charge on any atom is -0.384 e. The zero-order valence-electron chi connectivity index (χ0n) is 7.77. The van der Waals surface area contributed by atoms with Crippen molar-refractivity contribution in [2.24, 2.45) is 0 Å². The molecule has 78 valence electrons. The summed E-state index contributed by atoms with van der Waals surface area (Å²) in [5, 5.41) is 9.62. The quantitative estimate of drug-likeness (QED) is 0.655. The molecule has 0 saturated carbocycles. The molecule has 0 radical (unpaired) electrons. The van der Waals surface area contributed by atoms with Crippen LogP contribution in [-0.2, 0) is 0 Å². The van der Waals surface area contributed by atoms with Crippen LogP contribution in [0.5, 0.6) is 0 Å². The van der Waals surface area contributed by atoms with Crippen LogP contribution in [0.3, 0.4) is 0 Å². The number of H-pyrrole nitrogens is 1. The number of benzene rings is 1. The highest BCUT2D eigenvalue weighted by molar-refractivity contribution is 9.09. The summed E-state index contributed by atoms with van der Waals surface area (Å²) < 4.78 is 0. The number of ketones is 1. The van der Waals surface area contributed by atoms with Gasteiger partial charge in [0.15, 0.2) is 5.78 Å². The van der Waals surface area contributed by atoms with Gasteiger partial charge in [-0.05, 0) is 18.2 Å². The summed E-state index contributed by atoms with van der Waals surface area (Å²) in [6.07, 6.45) is 0.571. The van der Waals surface area contributed by atoms with Gasteiger partial charge < -0.3 is 10.1 Å². The summed E-state index contributed by atoms with van der Waals surface area (Å²) in [7, 11) is 0. The lowest BCUT2D eigenvalue weighted by Crippen LogP contribution is -2.21. The van der Waals surface area contributed by atoms with Crippen molar-refractivity contribution in [1.82, 2.24) is 9.97 Å². The van der Waals surface area contributed by atoms with Crippen molar-refractivity contribution in [3.63, 3.8) is 0 Å². The molecule has 4 nitrogen and oxygen atoms in total. The van der Waals surface area contributed by atoms with Gasteiger partial charge in [-0.1, -0.05) is 15.9 Å². The molecule has 0 aliphatic rings. The van der Waals surface area contributed by atoms with Crippen molar-refractivity contribution in [3.8, 4) is 0 Å². The maximum Gasteiger partial charge on any atom is 0.192 e. The maximum absolute atomic E-state index is 11.6. The second-order valence-corrected chi connectivity index (χ2v) is 3.82. The molecule has 15 heavy (non-hydrogen) atoms. The summed E-state index contributed by atoms with van der Waals surface area (Å²) in [5.41, 5.74) is 2.07. The Labute approximate surface area is 94.5 Å². The molecular weight excluding hydrogens is 260 g/mol. The number of aromatic amines is 1. The van der Waals surface area contributed by atoms with Crippen LogP contribution in [0.2, 0.25) is 0 Å². The number of carbonyl (C=O) groups is 1. The van der Waals surface area contributed by atoms with Crippen molar-refractivity contribution < 1.29 is 9.90 Å². The van der Waals surface area contributed by atoms with Crippen LogP contribution in [0.1, 0.15) is 10.4 Å². The van der Waals surface area contributed by atoms with Gasteiger partial charge >= 0.3 is 0 Å². The third kappa shape index (κ3) is 1.93. The first-order chi connectivity index (χ1) is 7.22. The molecule has 1 heterocycles. The highest BCUT2D eigenvalue weighted by Gasteiger charge is 2.16. The molecule has 0 amide bonds. The molecule has 2 N–H and O–H groups in total. The first-order valence-electron chi connectivity index (χ1n) is 4.44. The number of halogens is 1. The van der Waals surface area contributed by atoms with Crippen molar-refractivity contribution in [3.05, 3.63) is 30.1 Å². The van der Waals surface area contributed by atoms with E-state index in [0.29, 0.717) is 5.56 Å². The van der Waals surface area contributed by atoms with Gasteiger partial charge in [-0.2, -0.15) is 0 Å². The number of Topliss-reactive ketones (excluding diaryl/α,β-unsaturated/α-hetero) is 1. The van der Waals surface area contributed by atoms with Crippen LogP contribution in [0.25, 0.3) is 11.0 Å². The van der Waals surface area contributed by atoms with E-state index in [1.807, 2.05) is 0 Å². The van der Waals surface area contributed by atoms with E-state index in [4.69, 9.17) is 0 Å². The average molecular weight is 269 g/mol. The highest BCUT2D eigenvalue weighted by Crippen LogP contribution is 2.13. The van der Waals surface area contributed by atoms with Crippen LogP contribution >= 0.6 is 15.9 Å². The lowest BCUT2D eigenvalue weighted by Gasteiger charge is -2.05. The second-order valence-electron chi connectivity index (χ2n) is 3.17. The molecule has 1 atom stereocenters. The fraction of sp³-hybridized carbons (Fsp3) is 0.200. The first-order valence-corrected chi connectivity index (χ1v) is 5.56. The number of hydrogen-bond donors (Lipinski definition) is 2. The lowest BCUT2D eigenvalue weighted by atomic mass is 10.1. The van der Waals surface area contributed by atoms with E-state index in [1.54, 1.807) is 24.5 Å². The Kier molecular flexibility index (Phi) is 2.83. The number of imidazole rings is 1. The number of alkyl halides is 1. The first kappa shape index (κ1) is 10.3. The van der Waals surface area contributed by atoms with Gasteiger partial charge in [0.2, 0.25) is 0 Å². The molecule has 2 aromatic rings. The van der Waals surface area contributed by atoms with E-state index in [2.05, 4.69) is 25.9 Å². The molecule has 1 unspecified atom stereocenters. The van der Waals surface area contributed by atoms with Crippen LogP contribution in [0.4, 0.5) is 0 Å². The molecule has 0 spiro atoms. The predicted molar refractivity (Wildman–Crippen MR) is 60.2 cm³/mol. The van der Waals surface area contributed by atoms with Gasteiger partial charge in [0.05, 0.1) is 17.4 Å². The third-order valence-electron chi connectivity index (χ3n) is 2.15. The molecule has 1 aromatic heterocycles. The molecular formula is C10H9BrN2O2. The summed E-state index contributed by atoms with van der Waals surface area (Å²) in [6, 6.07) is 5.12. The average Bonchev–Trinajstić information content (AvgIpc) is 2.73. The number of nitrogens with zero attached hydrogens (tertiary/aromatic N) is 1. The van der Waals surface area contributed by atoms with Crippen molar-refractivity contribution in [2.45, 2.75) is 6.10 Å². The Morgan fingerprint density at radius 2 is 2.40 bits per heavy atom. The summed E-state index contributed by atoms with van der Waals surface area (Å²) >= 11 is 3.06. The number of nitrogens with one attached hydrogen (secondary N) is 1. The highest BCUT2D eigenvalue weighted by atomic mass is 79.9. The smallest absolute Gasteiger partial charge is 0.192 e. The zero-order chi connectivity index (χ0) is 10.8. The molecule has 2 rings (SSSR count). The fourth-order valence-corrected chi connectivity index (χ4v) is 1.64. The molecule has 0 aliphatic heterocycles. The van der Waals surface area contributed by atoms with Crippen molar-refractivity contribution in [1.29, 1.82) is 0 Å². The Morgan fingerprint density at radius 1 is 1.60 bits per heavy atom. The van der Waals surface area contributed by atoms with E-state index in [9.17, 15) is 9.90 Å². The van der Waals surface area contributed by atoms with Gasteiger partial charge in [0.1, 0.15) is 6.10 Å². The molecule has 0 bridgehead atoms. The van der Waals surface area contributed by atoms with E-state index < -0.39 is 6.10 Å². The van der Waals surface area contributed by atoms with Gasteiger partial charge in [-0.15, -0.1) is 0 Å². The number of hydrogen-bond acceptors (Lipinski definition) is 3. The Morgan fingerprint density at radius 3 is 3.13 bits per heavy atom. The molecule has 0 saturated heterocycles. The Hall–Kier alpha value is -1.20. The summed E-state index contributed by atoms with van der Waals surface area (Å²) in [6.45, 7) is 0. The lowest BCUT2D eigenvalue weighted by molar-refractivity contribution is 0.0789. The van der Waals surface area contributed by atoms with Crippen LogP contribution in [-0.4, -0.2) is 32.3 Å². The minimum absolute atomic E-state index is 0.241. The van der Waals surface area contributed by atoms with Crippen molar-refractivity contribution >= 4 is 32.7 Å². The SMILES string of the molecule is O=C(c1ccc2[nH]cnc2c1)C(O)CBr. The van der Waals surface area contributed by atoms with E-state index in [0.717, 1.165) is 11.0 Å². The fourth-order valence-electron chi connectivity index (χ4n) is 1.35. The van der Waals surface area contributed by atoms with Crippen molar-refractivity contribution in [2.75, 3.05) is 5.33 Å². The van der Waals surface area contributed by atoms with Gasteiger partial charge in [-0.3, -0.25) is 4.79 Å². The Bertz CT molecular complexity index is 495. The molecule has 0 aliphatic carbocycles. The normalized spacial score (nSPS) is 12.9. The molecule has 1 aromatic carbocycles. The summed E-state index contributed by atoms with van der Waals surface area (Å²) in [5.74, 6) is -0.295. The standard InChI is InChI=1S/C10H9BrN2O2/c11-4-9(14)10(15)6-1-2-7-8(3-6)13-5-12-7/h1-3,5,9,14H,4H2,(H,12,13). The Balaban J connectivity index is 2.39. The van der Waals surface area contributed by atoms with Gasteiger partial charge in [-0.25, -0.2) is 4.98 Å². The number of carbonyl (C=O) groups excluding carboxylic acids is 1. The number of rotatable bonds is 3. The van der Waals surface area contributed by atoms with Crippen LogP contribution < -0.4 is 0 Å². The predicted octanol–water partition coefficient (Wildman–Crippen LogP) is 1.50. The van der Waals surface area contributed by atoms with Gasteiger partial charge in [0.25, 0.3) is 0 Å². The number of fused-ring (bicyclic) bond motifs is 1. The second kappa shape index (κ2) is 4.12. The van der Waals surface area contributed by atoms with Gasteiger partial charge in [0, 0.05) is 10.9 Å². The third-order valence-corrected chi connectivity index (χ3v) is 2.77. The zero-order valence-corrected chi connectivity index (χ0v) is 9.36. The van der Waals surface area contributed by atoms with Crippen LogP contribution in [0, 0.1) is 0 Å². The number of aliphatic hydroxyl groups is 1. The molecule has 5 heteroatoms. The maximum atomic E-state index is 11.6. The minimum atomic E-state index is -0.999. The van der Waals surface area contributed by atoms with E-state index in [1.165, 1.54) is 0 Å². The largest absolute Gasteiger partial charge is 0.384 e. The van der Waals surface area contributed by atoms with E-state index in [-0.39, 0.29) is 11.1 Å². The number of aliphatic hydroxyl groups excluding tert-OH is 1. The number of aromatic nitrogens is 2.